The van der Waals surface area contributed by atoms with Crippen LogP contribution in [0.25, 0.3) is 55.6 Å². The summed E-state index contributed by atoms with van der Waals surface area (Å²) in [7, 11) is 0. The number of nitrogens with zero attached hydrogens (tertiary/aromatic N) is 1. The fourth-order valence-corrected chi connectivity index (χ4v) is 8.88. The van der Waals surface area contributed by atoms with Crippen molar-refractivity contribution in [3.05, 3.63) is 210 Å². The third kappa shape index (κ3) is 5.15. The molecule has 0 saturated heterocycles. The monoisotopic (exact) mass is 677 g/mol. The van der Waals surface area contributed by atoms with Gasteiger partial charge in [-0.05, 0) is 121 Å². The smallest absolute Gasteiger partial charge is 0.0465 e. The summed E-state index contributed by atoms with van der Waals surface area (Å²) >= 11 is 0. The summed E-state index contributed by atoms with van der Waals surface area (Å²) in [5, 5.41) is 0. The van der Waals surface area contributed by atoms with Gasteiger partial charge in [0.15, 0.2) is 0 Å². The minimum atomic E-state index is -0.0863. The maximum absolute atomic E-state index is 2.42. The van der Waals surface area contributed by atoms with Gasteiger partial charge < -0.3 is 4.90 Å². The Kier molecular flexibility index (Phi) is 7.30. The topological polar surface area (TPSA) is 3.24 Å². The van der Waals surface area contributed by atoms with E-state index in [2.05, 4.69) is 207 Å². The van der Waals surface area contributed by atoms with E-state index in [9.17, 15) is 0 Å². The molecule has 0 N–H and O–H groups in total. The molecule has 2 aliphatic carbocycles. The molecule has 0 unspecified atom stereocenters. The minimum absolute atomic E-state index is 0.0863. The van der Waals surface area contributed by atoms with Crippen LogP contribution >= 0.6 is 0 Å². The molecule has 10 rings (SSSR count). The number of benzene rings is 8. The summed E-state index contributed by atoms with van der Waals surface area (Å²) in [5.41, 5.74) is 21.7. The van der Waals surface area contributed by atoms with Crippen molar-refractivity contribution in [2.24, 2.45) is 0 Å². The van der Waals surface area contributed by atoms with Gasteiger partial charge in [-0.2, -0.15) is 0 Å². The Morgan fingerprint density at radius 2 is 0.868 bits per heavy atom. The van der Waals surface area contributed by atoms with E-state index in [0.29, 0.717) is 0 Å². The van der Waals surface area contributed by atoms with Crippen LogP contribution in [-0.4, -0.2) is 0 Å². The van der Waals surface area contributed by atoms with Gasteiger partial charge in [-0.25, -0.2) is 0 Å². The summed E-state index contributed by atoms with van der Waals surface area (Å²) in [6, 6.07) is 69.3. The van der Waals surface area contributed by atoms with Gasteiger partial charge >= 0.3 is 0 Å². The van der Waals surface area contributed by atoms with Crippen molar-refractivity contribution in [3.63, 3.8) is 0 Å². The van der Waals surface area contributed by atoms with E-state index in [-0.39, 0.29) is 5.41 Å². The lowest BCUT2D eigenvalue weighted by Gasteiger charge is -2.28. The van der Waals surface area contributed by atoms with Crippen LogP contribution in [0.5, 0.6) is 0 Å². The van der Waals surface area contributed by atoms with E-state index in [1.54, 1.807) is 0 Å². The molecule has 0 bridgehead atoms. The van der Waals surface area contributed by atoms with Crippen molar-refractivity contribution in [2.45, 2.75) is 25.7 Å². The highest BCUT2D eigenvalue weighted by atomic mass is 15.1. The molecule has 8 aromatic rings. The number of fused-ring (bicyclic) bond motifs is 8. The van der Waals surface area contributed by atoms with Gasteiger partial charge in [-0.1, -0.05) is 166 Å². The Labute approximate surface area is 312 Å². The SMILES string of the molecule is CC1(C)c2ccccc2-c2ccc(N(c3ccc(-c4ccccc4)cc3)c3ccc(-c4cccc5c4Cc4ccccc4-c4ccccc4-5)cc3)cc21. The molecule has 0 amide bonds. The van der Waals surface area contributed by atoms with Crippen molar-refractivity contribution in [2.75, 3.05) is 4.90 Å². The first-order chi connectivity index (χ1) is 26.0. The van der Waals surface area contributed by atoms with Crippen molar-refractivity contribution in [1.82, 2.24) is 0 Å². The van der Waals surface area contributed by atoms with Crippen LogP contribution < -0.4 is 4.90 Å². The van der Waals surface area contributed by atoms with Crippen LogP contribution in [0, 0.1) is 0 Å². The van der Waals surface area contributed by atoms with E-state index < -0.39 is 0 Å². The molecule has 8 aromatic carbocycles. The molecule has 2 aliphatic rings. The molecule has 0 heterocycles. The molecule has 0 fully saturated rings. The molecule has 252 valence electrons. The van der Waals surface area contributed by atoms with E-state index in [1.165, 1.54) is 77.9 Å². The number of hydrogen-bond donors (Lipinski definition) is 0. The van der Waals surface area contributed by atoms with Crippen molar-refractivity contribution in [1.29, 1.82) is 0 Å². The second-order valence-corrected chi connectivity index (χ2v) is 14.9. The van der Waals surface area contributed by atoms with Gasteiger partial charge in [0.05, 0.1) is 0 Å². The van der Waals surface area contributed by atoms with Gasteiger partial charge in [-0.15, -0.1) is 0 Å². The van der Waals surface area contributed by atoms with Crippen LogP contribution in [-0.2, 0) is 11.8 Å². The highest BCUT2D eigenvalue weighted by Gasteiger charge is 2.35. The Hall–Kier alpha value is -6.44. The summed E-state index contributed by atoms with van der Waals surface area (Å²) in [6.45, 7) is 4.71. The fraction of sp³-hybridized carbons (Fsp3) is 0.0769. The third-order valence-corrected chi connectivity index (χ3v) is 11.6. The Bertz CT molecular complexity index is 2650. The Morgan fingerprint density at radius 1 is 0.358 bits per heavy atom. The van der Waals surface area contributed by atoms with Crippen LogP contribution in [0.1, 0.15) is 36.1 Å². The highest BCUT2D eigenvalue weighted by Crippen LogP contribution is 2.51. The number of anilines is 3. The predicted octanol–water partition coefficient (Wildman–Crippen LogP) is 14.0. The summed E-state index contributed by atoms with van der Waals surface area (Å²) in [6.07, 6.45) is 0.894. The predicted molar refractivity (Wildman–Crippen MR) is 223 cm³/mol. The second kappa shape index (κ2) is 12.4. The van der Waals surface area contributed by atoms with E-state index in [1.807, 2.05) is 0 Å². The molecular weight excluding hydrogens is 639 g/mol. The first kappa shape index (κ1) is 31.3. The Balaban J connectivity index is 1.09. The van der Waals surface area contributed by atoms with Crippen LogP contribution in [0.2, 0.25) is 0 Å². The minimum Gasteiger partial charge on any atom is -0.310 e. The van der Waals surface area contributed by atoms with Crippen molar-refractivity contribution in [3.8, 4) is 55.6 Å². The van der Waals surface area contributed by atoms with Gasteiger partial charge in [0.2, 0.25) is 0 Å². The zero-order valence-corrected chi connectivity index (χ0v) is 30.1. The van der Waals surface area contributed by atoms with Crippen LogP contribution in [0.15, 0.2) is 188 Å². The highest BCUT2D eigenvalue weighted by molar-refractivity contribution is 5.92. The molecular formula is C52H39N. The summed E-state index contributed by atoms with van der Waals surface area (Å²) in [5.74, 6) is 0. The van der Waals surface area contributed by atoms with Crippen molar-refractivity contribution < 1.29 is 0 Å². The lowest BCUT2D eigenvalue weighted by molar-refractivity contribution is 0.660. The van der Waals surface area contributed by atoms with E-state index in [0.717, 1.165) is 23.5 Å². The molecule has 0 spiro atoms. The number of hydrogen-bond acceptors (Lipinski definition) is 1. The second-order valence-electron chi connectivity index (χ2n) is 14.9. The zero-order valence-electron chi connectivity index (χ0n) is 30.1. The largest absolute Gasteiger partial charge is 0.310 e. The van der Waals surface area contributed by atoms with Gasteiger partial charge in [0.1, 0.15) is 0 Å². The maximum atomic E-state index is 2.42. The molecule has 53 heavy (non-hydrogen) atoms. The van der Waals surface area contributed by atoms with Gasteiger partial charge in [0, 0.05) is 22.5 Å². The summed E-state index contributed by atoms with van der Waals surface area (Å²) in [4.78, 5) is 2.41. The molecule has 1 nitrogen and oxygen atoms in total. The van der Waals surface area contributed by atoms with Gasteiger partial charge in [0.25, 0.3) is 0 Å². The number of rotatable bonds is 5. The quantitative estimate of drug-likeness (QED) is 0.175. The zero-order chi connectivity index (χ0) is 35.5. The average Bonchev–Trinajstić information content (AvgIpc) is 3.34. The third-order valence-electron chi connectivity index (χ3n) is 11.6. The van der Waals surface area contributed by atoms with E-state index in [4.69, 9.17) is 0 Å². The van der Waals surface area contributed by atoms with Crippen molar-refractivity contribution >= 4 is 17.1 Å². The molecule has 0 aliphatic heterocycles. The van der Waals surface area contributed by atoms with Crippen LogP contribution in [0.4, 0.5) is 17.1 Å². The maximum Gasteiger partial charge on any atom is 0.0465 e. The lowest BCUT2D eigenvalue weighted by atomic mass is 9.82. The van der Waals surface area contributed by atoms with E-state index >= 15 is 0 Å². The molecule has 0 atom stereocenters. The average molecular weight is 678 g/mol. The van der Waals surface area contributed by atoms with Gasteiger partial charge in [-0.3, -0.25) is 0 Å². The summed E-state index contributed by atoms with van der Waals surface area (Å²) < 4.78 is 0. The fourth-order valence-electron chi connectivity index (χ4n) is 8.88. The first-order valence-electron chi connectivity index (χ1n) is 18.6. The molecule has 0 radical (unpaired) electrons. The molecule has 0 saturated carbocycles. The lowest BCUT2D eigenvalue weighted by Crippen LogP contribution is -2.16. The molecule has 1 heteroatoms. The first-order valence-corrected chi connectivity index (χ1v) is 18.6. The molecule has 0 aromatic heterocycles. The normalized spacial score (nSPS) is 13.2. The van der Waals surface area contributed by atoms with Crippen LogP contribution in [0.3, 0.4) is 0 Å². The Morgan fingerprint density at radius 3 is 1.60 bits per heavy atom. The standard InChI is InChI=1S/C52H39N/c1-52(2)50-22-11-10-19-47(50)48-32-31-41(34-51(48)52)53(39-27-23-36(24-28-39)35-13-4-3-5-14-35)40-29-25-37(26-30-40)42-20-12-21-46-45-18-9-8-17-44(45)43-16-7-6-15-38(43)33-49(42)46/h3-32,34H,33H2,1-2H3.